The first kappa shape index (κ1) is 9.50. The van der Waals surface area contributed by atoms with Gasteiger partial charge < -0.3 is 5.73 Å². The number of nitrogen functional groups attached to an aromatic ring is 1. The number of nitriles is 1. The second kappa shape index (κ2) is 3.60. The summed E-state index contributed by atoms with van der Waals surface area (Å²) in [5.74, 6) is 0. The molecule has 0 aliphatic carbocycles. The Bertz CT molecular complexity index is 525. The maximum Gasteiger partial charge on any atom is 0.0711 e. The summed E-state index contributed by atoms with van der Waals surface area (Å²) in [5.41, 5.74) is 7.65. The maximum atomic E-state index is 8.67. The van der Waals surface area contributed by atoms with Crippen molar-refractivity contribution >= 4 is 43.0 Å². The molecule has 0 unspecified atom stereocenters. The predicted octanol–water partition coefficient (Wildman–Crippen LogP) is 3.31. The van der Waals surface area contributed by atoms with Crippen molar-refractivity contribution in [1.29, 1.82) is 5.26 Å². The topological polar surface area (TPSA) is 49.8 Å². The van der Waals surface area contributed by atoms with Crippen LogP contribution in [0.3, 0.4) is 0 Å². The van der Waals surface area contributed by atoms with Gasteiger partial charge in [0.2, 0.25) is 0 Å². The highest BCUT2D eigenvalue weighted by atomic mass is 79.9. The van der Waals surface area contributed by atoms with Crippen molar-refractivity contribution in [1.82, 2.24) is 0 Å². The highest BCUT2D eigenvalue weighted by Gasteiger charge is 2.07. The van der Waals surface area contributed by atoms with Crippen molar-refractivity contribution in [2.24, 2.45) is 0 Å². The van der Waals surface area contributed by atoms with Crippen molar-refractivity contribution in [3.05, 3.63) is 27.5 Å². The molecule has 0 bridgehead atoms. The van der Waals surface area contributed by atoms with Crippen LogP contribution >= 0.6 is 27.3 Å². The fourth-order valence-corrected chi connectivity index (χ4v) is 3.04. The van der Waals surface area contributed by atoms with E-state index in [-0.39, 0.29) is 0 Å². The van der Waals surface area contributed by atoms with Gasteiger partial charge in [0.15, 0.2) is 0 Å². The molecule has 2 aromatic rings. The van der Waals surface area contributed by atoms with Gasteiger partial charge in [0, 0.05) is 15.8 Å². The van der Waals surface area contributed by atoms with Crippen LogP contribution in [0.25, 0.3) is 10.1 Å². The highest BCUT2D eigenvalue weighted by molar-refractivity contribution is 9.11. The van der Waals surface area contributed by atoms with Crippen LogP contribution in [0.1, 0.15) is 5.56 Å². The van der Waals surface area contributed by atoms with Crippen LogP contribution in [0, 0.1) is 11.3 Å². The molecule has 0 spiro atoms. The smallest absolute Gasteiger partial charge is 0.0711 e. The molecule has 1 heterocycles. The first-order chi connectivity index (χ1) is 6.72. The number of anilines is 1. The number of benzene rings is 1. The Kier molecular flexibility index (Phi) is 2.44. The second-order valence-corrected chi connectivity index (χ2v) is 5.37. The van der Waals surface area contributed by atoms with Crippen LogP contribution in [0.5, 0.6) is 0 Å². The lowest BCUT2D eigenvalue weighted by Crippen LogP contribution is -1.87. The Hall–Kier alpha value is -1.05. The third kappa shape index (κ3) is 1.49. The minimum absolute atomic E-state index is 0.434. The summed E-state index contributed by atoms with van der Waals surface area (Å²) in [4.78, 5) is 0. The van der Waals surface area contributed by atoms with Gasteiger partial charge in [0.05, 0.1) is 16.3 Å². The number of halogens is 1. The van der Waals surface area contributed by atoms with Gasteiger partial charge in [0.1, 0.15) is 0 Å². The number of fused-ring (bicyclic) bond motifs is 1. The summed E-state index contributed by atoms with van der Waals surface area (Å²) in [5, 5.41) is 9.70. The number of nitrogens with two attached hydrogens (primary N) is 1. The van der Waals surface area contributed by atoms with Gasteiger partial charge >= 0.3 is 0 Å². The molecule has 2 rings (SSSR count). The SMILES string of the molecule is N#CCc1ccc(N)c2cc(Br)sc12. The molecule has 0 radical (unpaired) electrons. The van der Waals surface area contributed by atoms with E-state index in [1.165, 1.54) is 0 Å². The molecule has 0 amide bonds. The average Bonchev–Trinajstić information content (AvgIpc) is 2.53. The summed E-state index contributed by atoms with van der Waals surface area (Å²) >= 11 is 5.04. The van der Waals surface area contributed by atoms with Crippen LogP contribution in [-0.2, 0) is 6.42 Å². The quantitative estimate of drug-likeness (QED) is 0.806. The Balaban J connectivity index is 2.75. The van der Waals surface area contributed by atoms with Crippen LogP contribution in [0.2, 0.25) is 0 Å². The first-order valence-electron chi connectivity index (χ1n) is 4.05. The van der Waals surface area contributed by atoms with E-state index in [2.05, 4.69) is 22.0 Å². The molecular weight excluding hydrogens is 260 g/mol. The normalized spacial score (nSPS) is 10.3. The van der Waals surface area contributed by atoms with E-state index < -0.39 is 0 Å². The number of thiophene rings is 1. The van der Waals surface area contributed by atoms with E-state index in [0.717, 1.165) is 25.1 Å². The molecule has 0 atom stereocenters. The van der Waals surface area contributed by atoms with Gasteiger partial charge in [0.25, 0.3) is 0 Å². The summed E-state index contributed by atoms with van der Waals surface area (Å²) in [6, 6.07) is 7.93. The van der Waals surface area contributed by atoms with E-state index in [4.69, 9.17) is 11.0 Å². The number of nitrogens with zero attached hydrogens (tertiary/aromatic N) is 1. The first-order valence-corrected chi connectivity index (χ1v) is 5.66. The molecule has 4 heteroatoms. The summed E-state index contributed by atoms with van der Waals surface area (Å²) < 4.78 is 2.16. The van der Waals surface area contributed by atoms with Crippen LogP contribution in [0.15, 0.2) is 22.0 Å². The Morgan fingerprint density at radius 1 is 1.50 bits per heavy atom. The van der Waals surface area contributed by atoms with E-state index in [9.17, 15) is 0 Å². The molecule has 2 N–H and O–H groups in total. The van der Waals surface area contributed by atoms with E-state index in [0.29, 0.717) is 6.42 Å². The summed E-state index contributed by atoms with van der Waals surface area (Å²) in [7, 11) is 0. The second-order valence-electron chi connectivity index (χ2n) is 2.94. The molecular formula is C10H7BrN2S. The Labute approximate surface area is 94.1 Å². The number of hydrogen-bond donors (Lipinski definition) is 1. The largest absolute Gasteiger partial charge is 0.398 e. The zero-order valence-electron chi connectivity index (χ0n) is 7.25. The minimum Gasteiger partial charge on any atom is -0.398 e. The number of hydrogen-bond acceptors (Lipinski definition) is 3. The lowest BCUT2D eigenvalue weighted by Gasteiger charge is -1.99. The molecule has 1 aromatic carbocycles. The lowest BCUT2D eigenvalue weighted by molar-refractivity contribution is 1.29. The average molecular weight is 267 g/mol. The van der Waals surface area contributed by atoms with Gasteiger partial charge in [-0.25, -0.2) is 0 Å². The van der Waals surface area contributed by atoms with Crippen LogP contribution < -0.4 is 5.73 Å². The van der Waals surface area contributed by atoms with Crippen molar-refractivity contribution < 1.29 is 0 Å². The molecule has 1 aromatic heterocycles. The van der Waals surface area contributed by atoms with Gasteiger partial charge in [-0.15, -0.1) is 11.3 Å². The van der Waals surface area contributed by atoms with Gasteiger partial charge in [-0.3, -0.25) is 0 Å². The van der Waals surface area contributed by atoms with Crippen molar-refractivity contribution in [2.45, 2.75) is 6.42 Å². The standard InChI is InChI=1S/C10H7BrN2S/c11-9-5-7-8(13)2-1-6(3-4-12)10(7)14-9/h1-2,5H,3,13H2. The zero-order valence-corrected chi connectivity index (χ0v) is 9.65. The third-order valence-electron chi connectivity index (χ3n) is 2.04. The minimum atomic E-state index is 0.434. The molecule has 14 heavy (non-hydrogen) atoms. The lowest BCUT2D eigenvalue weighted by atomic mass is 10.1. The predicted molar refractivity (Wildman–Crippen MR) is 63.3 cm³/mol. The van der Waals surface area contributed by atoms with Crippen LogP contribution in [-0.4, -0.2) is 0 Å². The van der Waals surface area contributed by atoms with Gasteiger partial charge in [-0.1, -0.05) is 6.07 Å². The highest BCUT2D eigenvalue weighted by Crippen LogP contribution is 2.35. The van der Waals surface area contributed by atoms with E-state index in [1.807, 2.05) is 18.2 Å². The fourth-order valence-electron chi connectivity index (χ4n) is 1.39. The van der Waals surface area contributed by atoms with Crippen molar-refractivity contribution in [3.63, 3.8) is 0 Å². The molecule has 0 aliphatic heterocycles. The Morgan fingerprint density at radius 3 is 3.00 bits per heavy atom. The summed E-state index contributed by atoms with van der Waals surface area (Å²) in [6.45, 7) is 0. The molecule has 0 saturated heterocycles. The zero-order chi connectivity index (χ0) is 10.1. The van der Waals surface area contributed by atoms with Gasteiger partial charge in [-0.2, -0.15) is 5.26 Å². The monoisotopic (exact) mass is 266 g/mol. The molecule has 0 aliphatic rings. The molecule has 70 valence electrons. The molecule has 0 fully saturated rings. The number of rotatable bonds is 1. The van der Waals surface area contributed by atoms with Crippen molar-refractivity contribution in [3.8, 4) is 6.07 Å². The molecule has 0 saturated carbocycles. The van der Waals surface area contributed by atoms with Crippen LogP contribution in [0.4, 0.5) is 5.69 Å². The summed E-state index contributed by atoms with van der Waals surface area (Å²) in [6.07, 6.45) is 0.434. The maximum absolute atomic E-state index is 8.67. The molecule has 2 nitrogen and oxygen atoms in total. The van der Waals surface area contributed by atoms with E-state index in [1.54, 1.807) is 11.3 Å². The Morgan fingerprint density at radius 2 is 2.29 bits per heavy atom. The van der Waals surface area contributed by atoms with Gasteiger partial charge in [-0.05, 0) is 33.6 Å². The van der Waals surface area contributed by atoms with Crippen molar-refractivity contribution in [2.75, 3.05) is 5.73 Å². The van der Waals surface area contributed by atoms with E-state index >= 15 is 0 Å². The third-order valence-corrected chi connectivity index (χ3v) is 3.75. The fraction of sp³-hybridized carbons (Fsp3) is 0.100.